The van der Waals surface area contributed by atoms with E-state index in [-0.39, 0.29) is 5.91 Å². The lowest BCUT2D eigenvalue weighted by molar-refractivity contribution is -0.122. The molecule has 22 heavy (non-hydrogen) atoms. The molecule has 1 aromatic rings. The molecule has 0 aromatic heterocycles. The number of carbonyl (C=O) groups excluding carboxylic acids is 1. The van der Waals surface area contributed by atoms with Crippen LogP contribution >= 0.6 is 12.2 Å². The van der Waals surface area contributed by atoms with Gasteiger partial charge in [-0.1, -0.05) is 24.3 Å². The van der Waals surface area contributed by atoms with Gasteiger partial charge in [-0.05, 0) is 43.4 Å². The molecule has 1 aromatic carbocycles. The van der Waals surface area contributed by atoms with Crippen molar-refractivity contribution in [3.8, 4) is 0 Å². The maximum Gasteiger partial charge on any atom is 0.279 e. The van der Waals surface area contributed by atoms with E-state index in [1.54, 1.807) is 4.90 Å². The lowest BCUT2D eigenvalue weighted by atomic mass is 10.2. The summed E-state index contributed by atoms with van der Waals surface area (Å²) in [6, 6.07) is 9.76. The van der Waals surface area contributed by atoms with Crippen LogP contribution in [0.3, 0.4) is 0 Å². The molecule has 5 heteroatoms. The molecule has 4 nitrogen and oxygen atoms in total. The predicted molar refractivity (Wildman–Crippen MR) is 92.0 cm³/mol. The molecule has 0 bridgehead atoms. The molecule has 3 rings (SSSR count). The van der Waals surface area contributed by atoms with Gasteiger partial charge in [-0.3, -0.25) is 14.6 Å². The average Bonchev–Trinajstić information content (AvgIpc) is 2.79. The van der Waals surface area contributed by atoms with Crippen LogP contribution in [0.15, 0.2) is 66.2 Å². The first-order chi connectivity index (χ1) is 10.6. The molecule has 0 atom stereocenters. The number of nitrogens with zero attached hydrogens (tertiary/aromatic N) is 3. The van der Waals surface area contributed by atoms with Crippen molar-refractivity contribution in [1.29, 1.82) is 0 Å². The highest BCUT2D eigenvalue weighted by Gasteiger charge is 2.40. The van der Waals surface area contributed by atoms with Gasteiger partial charge in [-0.2, -0.15) is 0 Å². The second kappa shape index (κ2) is 5.77. The van der Waals surface area contributed by atoms with Gasteiger partial charge in [-0.15, -0.1) is 0 Å². The van der Waals surface area contributed by atoms with Crippen LogP contribution in [0.2, 0.25) is 0 Å². The number of benzene rings is 1. The third kappa shape index (κ3) is 2.23. The van der Waals surface area contributed by atoms with Crippen LogP contribution in [-0.4, -0.2) is 34.4 Å². The molecule has 0 spiro atoms. The van der Waals surface area contributed by atoms with E-state index in [0.29, 0.717) is 17.4 Å². The number of likely N-dealkylation sites (N-methyl/N-ethyl adjacent to an activating group) is 2. The molecule has 2 aliphatic rings. The maximum atomic E-state index is 12.8. The topological polar surface area (TPSA) is 26.8 Å². The summed E-state index contributed by atoms with van der Waals surface area (Å²) in [5.41, 5.74) is 2.34. The third-order valence-electron chi connectivity index (χ3n) is 3.72. The first kappa shape index (κ1) is 14.5. The molecule has 2 aliphatic heterocycles. The van der Waals surface area contributed by atoms with Crippen LogP contribution in [0.1, 0.15) is 6.92 Å². The van der Waals surface area contributed by atoms with Crippen LogP contribution < -0.4 is 4.90 Å². The molecule has 0 aliphatic carbocycles. The number of hydrogen-bond donors (Lipinski definition) is 0. The van der Waals surface area contributed by atoms with Crippen molar-refractivity contribution in [2.24, 2.45) is 0 Å². The fourth-order valence-electron chi connectivity index (χ4n) is 2.62. The zero-order valence-electron chi connectivity index (χ0n) is 12.6. The van der Waals surface area contributed by atoms with E-state index >= 15 is 0 Å². The summed E-state index contributed by atoms with van der Waals surface area (Å²) in [6.07, 6.45) is 7.73. The highest BCUT2D eigenvalue weighted by molar-refractivity contribution is 7.80. The van der Waals surface area contributed by atoms with Gasteiger partial charge in [0.05, 0.1) is 5.70 Å². The highest BCUT2D eigenvalue weighted by Crippen LogP contribution is 2.32. The number of hydrogen-bond acceptors (Lipinski definition) is 3. The van der Waals surface area contributed by atoms with Crippen molar-refractivity contribution in [3.05, 3.63) is 66.2 Å². The summed E-state index contributed by atoms with van der Waals surface area (Å²) < 4.78 is 0. The smallest absolute Gasteiger partial charge is 0.279 e. The van der Waals surface area contributed by atoms with E-state index in [1.165, 1.54) is 0 Å². The minimum atomic E-state index is -0.0573. The minimum Gasteiger partial charge on any atom is -0.349 e. The van der Waals surface area contributed by atoms with E-state index < -0.39 is 0 Å². The number of rotatable bonds is 2. The van der Waals surface area contributed by atoms with Gasteiger partial charge in [0.25, 0.3) is 5.91 Å². The van der Waals surface area contributed by atoms with Crippen LogP contribution in [0.25, 0.3) is 0 Å². The summed E-state index contributed by atoms with van der Waals surface area (Å²) in [7, 11) is 1.93. The summed E-state index contributed by atoms with van der Waals surface area (Å²) in [4.78, 5) is 18.3. The molecule has 112 valence electrons. The Morgan fingerprint density at radius 1 is 1.14 bits per heavy atom. The van der Waals surface area contributed by atoms with Crippen molar-refractivity contribution < 1.29 is 4.79 Å². The van der Waals surface area contributed by atoms with Crippen LogP contribution in [0.5, 0.6) is 0 Å². The molecule has 1 amide bonds. The lowest BCUT2D eigenvalue weighted by Gasteiger charge is -2.24. The largest absolute Gasteiger partial charge is 0.349 e. The van der Waals surface area contributed by atoms with Crippen molar-refractivity contribution in [1.82, 2.24) is 9.80 Å². The number of para-hydroxylation sites is 1. The molecule has 1 saturated heterocycles. The fraction of sp³-hybridized carbons (Fsp3) is 0.176. The fourth-order valence-corrected chi connectivity index (χ4v) is 3.02. The standard InChI is InChI=1S/C17H17N3OS/c1-3-19-16(21)15(14-11-7-8-12-18(14)2)20(17(19)22)13-9-5-4-6-10-13/h4-12H,3H2,1-2H3. The second-order valence-corrected chi connectivity index (χ2v) is 5.41. The van der Waals surface area contributed by atoms with Crippen LogP contribution in [-0.2, 0) is 4.79 Å². The molecule has 2 heterocycles. The summed E-state index contributed by atoms with van der Waals surface area (Å²) in [5, 5.41) is 0.526. The number of carbonyl (C=O) groups is 1. The first-order valence-electron chi connectivity index (χ1n) is 7.18. The van der Waals surface area contributed by atoms with Gasteiger partial charge in [0, 0.05) is 25.5 Å². The van der Waals surface area contributed by atoms with Crippen molar-refractivity contribution in [3.63, 3.8) is 0 Å². The monoisotopic (exact) mass is 311 g/mol. The molecule has 0 N–H and O–H groups in total. The Morgan fingerprint density at radius 2 is 1.86 bits per heavy atom. The Balaban J connectivity index is 2.18. The van der Waals surface area contributed by atoms with Crippen molar-refractivity contribution >= 4 is 28.9 Å². The molecule has 0 radical (unpaired) electrons. The molecule has 1 fully saturated rings. The van der Waals surface area contributed by atoms with E-state index in [2.05, 4.69) is 0 Å². The Kier molecular flexibility index (Phi) is 3.81. The quantitative estimate of drug-likeness (QED) is 0.620. The number of anilines is 1. The zero-order valence-corrected chi connectivity index (χ0v) is 13.4. The SMILES string of the molecule is CCN1C(=O)C(=C2C=CC=CN2C)N(c2ccccc2)C1=S. The highest BCUT2D eigenvalue weighted by atomic mass is 32.1. The van der Waals surface area contributed by atoms with E-state index in [0.717, 1.165) is 11.4 Å². The molecular formula is C17H17N3OS. The first-order valence-corrected chi connectivity index (χ1v) is 7.59. The second-order valence-electron chi connectivity index (χ2n) is 5.05. The van der Waals surface area contributed by atoms with Gasteiger partial charge in [0.1, 0.15) is 5.70 Å². The van der Waals surface area contributed by atoms with Gasteiger partial charge >= 0.3 is 0 Å². The lowest BCUT2D eigenvalue weighted by Crippen LogP contribution is -2.32. The Labute approximate surface area is 135 Å². The summed E-state index contributed by atoms with van der Waals surface area (Å²) in [6.45, 7) is 2.49. The van der Waals surface area contributed by atoms with Crippen molar-refractivity contribution in [2.75, 3.05) is 18.5 Å². The third-order valence-corrected chi connectivity index (χ3v) is 4.12. The number of amides is 1. The van der Waals surface area contributed by atoms with E-state index in [4.69, 9.17) is 12.2 Å². The number of thiocarbonyl (C=S) groups is 1. The Hall–Kier alpha value is -2.40. The van der Waals surface area contributed by atoms with Gasteiger partial charge < -0.3 is 4.90 Å². The van der Waals surface area contributed by atoms with E-state index in [1.807, 2.05) is 78.5 Å². The normalized spacial score (nSPS) is 21.3. The van der Waals surface area contributed by atoms with Gasteiger partial charge in [-0.25, -0.2) is 0 Å². The Morgan fingerprint density at radius 3 is 2.50 bits per heavy atom. The maximum absolute atomic E-state index is 12.8. The molecular weight excluding hydrogens is 294 g/mol. The molecule has 0 saturated carbocycles. The zero-order chi connectivity index (χ0) is 15.7. The van der Waals surface area contributed by atoms with Crippen LogP contribution in [0, 0.1) is 0 Å². The van der Waals surface area contributed by atoms with Gasteiger partial charge in [0.15, 0.2) is 5.11 Å². The van der Waals surface area contributed by atoms with Gasteiger partial charge in [0.2, 0.25) is 0 Å². The summed E-state index contributed by atoms with van der Waals surface area (Å²) in [5.74, 6) is -0.0573. The Bertz CT molecular complexity index is 706. The van der Waals surface area contributed by atoms with Crippen LogP contribution in [0.4, 0.5) is 5.69 Å². The summed E-state index contributed by atoms with van der Waals surface area (Å²) >= 11 is 5.54. The predicted octanol–water partition coefficient (Wildman–Crippen LogP) is 2.87. The van der Waals surface area contributed by atoms with Crippen molar-refractivity contribution in [2.45, 2.75) is 6.92 Å². The average molecular weight is 311 g/mol. The molecule has 0 unspecified atom stereocenters. The minimum absolute atomic E-state index is 0.0573. The van der Waals surface area contributed by atoms with E-state index in [9.17, 15) is 4.79 Å². The number of allylic oxidation sites excluding steroid dienone is 3.